The van der Waals surface area contributed by atoms with Crippen LogP contribution in [0.25, 0.3) is 54.6 Å². The predicted molar refractivity (Wildman–Crippen MR) is 172 cm³/mol. The van der Waals surface area contributed by atoms with E-state index in [0.29, 0.717) is 0 Å². The molecule has 0 saturated heterocycles. The quantitative estimate of drug-likeness (QED) is 0.232. The van der Waals surface area contributed by atoms with Gasteiger partial charge in [0.1, 0.15) is 0 Å². The third-order valence-electron chi connectivity index (χ3n) is 8.56. The first-order valence-electron chi connectivity index (χ1n) is 14.1. The Morgan fingerprint density at radius 2 is 1.02 bits per heavy atom. The largest absolute Gasteiger partial charge is 0.356 e. The van der Waals surface area contributed by atoms with E-state index in [1.807, 2.05) is 0 Å². The zero-order valence-electron chi connectivity index (χ0n) is 22.5. The number of aryl methyl sites for hydroxylation is 3. The van der Waals surface area contributed by atoms with Gasteiger partial charge in [-0.1, -0.05) is 103 Å². The first-order valence-corrected chi connectivity index (χ1v) is 14.1. The highest BCUT2D eigenvalue weighted by Gasteiger charge is 2.14. The lowest BCUT2D eigenvalue weighted by molar-refractivity contribution is 0.840. The number of hydrogen-bond acceptors (Lipinski definition) is 1. The van der Waals surface area contributed by atoms with Crippen molar-refractivity contribution in [3.05, 3.63) is 144 Å². The van der Waals surface area contributed by atoms with Gasteiger partial charge in [0.25, 0.3) is 0 Å². The molecule has 0 heterocycles. The van der Waals surface area contributed by atoms with Gasteiger partial charge >= 0.3 is 0 Å². The fourth-order valence-electron chi connectivity index (χ4n) is 6.31. The Morgan fingerprint density at radius 3 is 1.77 bits per heavy atom. The van der Waals surface area contributed by atoms with Gasteiger partial charge in [0.2, 0.25) is 0 Å². The third-order valence-corrected chi connectivity index (χ3v) is 8.56. The van der Waals surface area contributed by atoms with E-state index < -0.39 is 0 Å². The van der Waals surface area contributed by atoms with Crippen molar-refractivity contribution >= 4 is 43.7 Å². The van der Waals surface area contributed by atoms with Crippen molar-refractivity contribution in [2.45, 2.75) is 19.8 Å². The maximum atomic E-state index is 3.61. The molecule has 40 heavy (non-hydrogen) atoms. The van der Waals surface area contributed by atoms with Crippen LogP contribution in [0.3, 0.4) is 0 Å². The molecule has 0 amide bonds. The minimum absolute atomic E-state index is 1.09. The van der Waals surface area contributed by atoms with Gasteiger partial charge in [0, 0.05) is 11.4 Å². The molecule has 0 spiro atoms. The van der Waals surface area contributed by atoms with Crippen LogP contribution >= 0.6 is 0 Å². The van der Waals surface area contributed by atoms with Crippen LogP contribution in [-0.2, 0) is 12.8 Å². The summed E-state index contributed by atoms with van der Waals surface area (Å²) < 4.78 is 0. The number of rotatable bonds is 4. The molecule has 8 rings (SSSR count). The minimum atomic E-state index is 1.09. The maximum absolute atomic E-state index is 3.61. The van der Waals surface area contributed by atoms with Crippen molar-refractivity contribution < 1.29 is 0 Å². The Balaban J connectivity index is 1.12. The second kappa shape index (κ2) is 9.10. The molecular formula is C39H29N. The van der Waals surface area contributed by atoms with E-state index in [9.17, 15) is 0 Å². The van der Waals surface area contributed by atoms with Gasteiger partial charge in [-0.15, -0.1) is 0 Å². The number of hydrogen-bond donors (Lipinski definition) is 1. The normalized spacial score (nSPS) is 12.4. The Labute approximate surface area is 234 Å². The zero-order valence-corrected chi connectivity index (χ0v) is 22.5. The molecular weight excluding hydrogens is 482 g/mol. The summed E-state index contributed by atoms with van der Waals surface area (Å²) in [5, 5.41) is 11.5. The van der Waals surface area contributed by atoms with Gasteiger partial charge in [0.05, 0.1) is 0 Å². The third kappa shape index (κ3) is 3.86. The maximum Gasteiger partial charge on any atom is 0.0390 e. The van der Waals surface area contributed by atoms with Crippen LogP contribution in [0.1, 0.15) is 16.7 Å². The van der Waals surface area contributed by atoms with Crippen LogP contribution in [0.4, 0.5) is 11.4 Å². The molecule has 0 fully saturated rings. The van der Waals surface area contributed by atoms with Crippen LogP contribution < -0.4 is 5.32 Å². The van der Waals surface area contributed by atoms with Gasteiger partial charge in [-0.2, -0.15) is 0 Å². The standard InChI is InChI=1S/C39H29N/c1-25-9-19-36-37-20-16-31(24-39(37)35-8-3-2-7-34(35)38(36)21-25)27-14-17-32(18-15-27)40-33-6-4-5-28(23-33)30-13-11-26-10-12-29(26)22-30/h2-9,11,13-24,40H,10,12H2,1H3. The van der Waals surface area contributed by atoms with E-state index in [0.717, 1.165) is 11.4 Å². The molecule has 0 unspecified atom stereocenters. The molecule has 190 valence electrons. The topological polar surface area (TPSA) is 12.0 Å². The Bertz CT molecular complexity index is 2060. The summed E-state index contributed by atoms with van der Waals surface area (Å²) >= 11 is 0. The lowest BCUT2D eigenvalue weighted by atomic mass is 9.86. The smallest absolute Gasteiger partial charge is 0.0390 e. The van der Waals surface area contributed by atoms with Crippen molar-refractivity contribution in [1.29, 1.82) is 0 Å². The number of benzene rings is 7. The highest BCUT2D eigenvalue weighted by molar-refractivity contribution is 6.25. The van der Waals surface area contributed by atoms with Gasteiger partial charge in [-0.3, -0.25) is 0 Å². The van der Waals surface area contributed by atoms with Crippen molar-refractivity contribution in [2.75, 3.05) is 5.32 Å². The van der Waals surface area contributed by atoms with Gasteiger partial charge < -0.3 is 5.32 Å². The Kier molecular flexibility index (Phi) is 5.24. The molecule has 0 atom stereocenters. The summed E-state index contributed by atoms with van der Waals surface area (Å²) in [5.74, 6) is 0. The molecule has 0 aliphatic heterocycles. The van der Waals surface area contributed by atoms with E-state index >= 15 is 0 Å². The average molecular weight is 512 g/mol. The molecule has 0 saturated carbocycles. The number of anilines is 2. The van der Waals surface area contributed by atoms with Gasteiger partial charge in [-0.05, 0) is 116 Å². The monoisotopic (exact) mass is 511 g/mol. The lowest BCUT2D eigenvalue weighted by Gasteiger charge is -2.19. The summed E-state index contributed by atoms with van der Waals surface area (Å²) in [4.78, 5) is 0. The molecule has 1 heteroatoms. The fourth-order valence-corrected chi connectivity index (χ4v) is 6.31. The molecule has 0 aromatic heterocycles. The van der Waals surface area contributed by atoms with Crippen LogP contribution in [0.2, 0.25) is 0 Å². The summed E-state index contributed by atoms with van der Waals surface area (Å²) in [6.45, 7) is 2.17. The van der Waals surface area contributed by atoms with Crippen LogP contribution in [0.15, 0.2) is 127 Å². The molecule has 7 aromatic carbocycles. The predicted octanol–water partition coefficient (Wildman–Crippen LogP) is 10.6. The van der Waals surface area contributed by atoms with Gasteiger partial charge in [0.15, 0.2) is 0 Å². The zero-order chi connectivity index (χ0) is 26.6. The second-order valence-electron chi connectivity index (χ2n) is 11.1. The molecule has 0 radical (unpaired) electrons. The van der Waals surface area contributed by atoms with E-state index in [1.54, 1.807) is 0 Å². The SMILES string of the molecule is Cc1ccc2c3ccc(-c4ccc(Nc5cccc(-c6ccc7c(c6)CC7)c5)cc4)cc3c3ccccc3c2c1. The molecule has 1 aliphatic rings. The van der Waals surface area contributed by atoms with Crippen LogP contribution in [0.5, 0.6) is 0 Å². The Morgan fingerprint density at radius 1 is 0.400 bits per heavy atom. The molecule has 1 aliphatic carbocycles. The first kappa shape index (κ1) is 23.0. The van der Waals surface area contributed by atoms with Crippen LogP contribution in [0, 0.1) is 6.92 Å². The Hall–Kier alpha value is -4.88. The lowest BCUT2D eigenvalue weighted by Crippen LogP contribution is -2.07. The summed E-state index contributed by atoms with van der Waals surface area (Å²) in [5.41, 5.74) is 11.5. The van der Waals surface area contributed by atoms with E-state index in [1.165, 1.54) is 84.1 Å². The summed E-state index contributed by atoms with van der Waals surface area (Å²) in [7, 11) is 0. The first-order chi connectivity index (χ1) is 19.7. The highest BCUT2D eigenvalue weighted by atomic mass is 14.9. The van der Waals surface area contributed by atoms with E-state index in [4.69, 9.17) is 0 Å². The van der Waals surface area contributed by atoms with Crippen molar-refractivity contribution in [3.63, 3.8) is 0 Å². The molecule has 0 bridgehead atoms. The fraction of sp³-hybridized carbons (Fsp3) is 0.0769. The van der Waals surface area contributed by atoms with Crippen LogP contribution in [-0.4, -0.2) is 0 Å². The van der Waals surface area contributed by atoms with Crippen molar-refractivity contribution in [3.8, 4) is 22.3 Å². The van der Waals surface area contributed by atoms with Crippen molar-refractivity contribution in [2.24, 2.45) is 0 Å². The second-order valence-corrected chi connectivity index (χ2v) is 11.1. The summed E-state index contributed by atoms with van der Waals surface area (Å²) in [6, 6.07) is 46.9. The average Bonchev–Trinajstić information content (AvgIpc) is 2.98. The minimum Gasteiger partial charge on any atom is -0.356 e. The summed E-state index contributed by atoms with van der Waals surface area (Å²) in [6.07, 6.45) is 2.43. The van der Waals surface area contributed by atoms with E-state index in [2.05, 4.69) is 140 Å². The highest BCUT2D eigenvalue weighted by Crippen LogP contribution is 2.38. The van der Waals surface area contributed by atoms with Crippen molar-refractivity contribution in [1.82, 2.24) is 0 Å². The van der Waals surface area contributed by atoms with E-state index in [-0.39, 0.29) is 0 Å². The molecule has 1 N–H and O–H groups in total. The molecule has 1 nitrogen and oxygen atoms in total. The number of nitrogens with one attached hydrogen (secondary N) is 1. The molecule has 7 aromatic rings. The number of fused-ring (bicyclic) bond motifs is 7. The van der Waals surface area contributed by atoms with Gasteiger partial charge in [-0.25, -0.2) is 0 Å².